The highest BCUT2D eigenvalue weighted by Gasteiger charge is 2.33. The Kier molecular flexibility index (Phi) is 3.53. The van der Waals surface area contributed by atoms with Crippen LogP contribution in [0.3, 0.4) is 0 Å². The van der Waals surface area contributed by atoms with E-state index in [0.29, 0.717) is 5.92 Å². The fourth-order valence-electron chi connectivity index (χ4n) is 1.69. The number of carboxylic acids is 1. The second kappa shape index (κ2) is 4.45. The molecule has 0 aromatic carbocycles. The zero-order valence-electron chi connectivity index (χ0n) is 7.45. The van der Waals surface area contributed by atoms with Crippen molar-refractivity contribution in [2.75, 3.05) is 13.7 Å². The molecule has 0 aromatic heterocycles. The van der Waals surface area contributed by atoms with Crippen molar-refractivity contribution in [3.8, 4) is 0 Å². The quantitative estimate of drug-likeness (QED) is 0.639. The van der Waals surface area contributed by atoms with Crippen LogP contribution >= 0.6 is 0 Å². The summed E-state index contributed by atoms with van der Waals surface area (Å²) >= 11 is 0. The van der Waals surface area contributed by atoms with E-state index in [4.69, 9.17) is 9.84 Å². The minimum Gasteiger partial charge on any atom is -0.481 e. The molecular weight excluding hydrogens is 156 g/mol. The van der Waals surface area contributed by atoms with Gasteiger partial charge in [0.2, 0.25) is 0 Å². The molecule has 12 heavy (non-hydrogen) atoms. The van der Waals surface area contributed by atoms with Crippen LogP contribution in [0.5, 0.6) is 0 Å². The Balaban J connectivity index is 1.98. The molecule has 0 aliphatic heterocycles. The molecule has 0 aromatic rings. The lowest BCUT2D eigenvalue weighted by atomic mass is 9.73. The van der Waals surface area contributed by atoms with E-state index in [1.165, 1.54) is 0 Å². The van der Waals surface area contributed by atoms with Gasteiger partial charge in [0.15, 0.2) is 0 Å². The van der Waals surface area contributed by atoms with Crippen LogP contribution in [0.2, 0.25) is 0 Å². The highest BCUT2D eigenvalue weighted by atomic mass is 16.5. The molecule has 0 unspecified atom stereocenters. The molecule has 0 heterocycles. The minimum absolute atomic E-state index is 0.0578. The first-order chi connectivity index (χ1) is 5.74. The number of aliphatic carboxylic acids is 1. The number of ether oxygens (including phenoxy) is 1. The number of carboxylic acid groups (broad SMARTS) is 1. The van der Waals surface area contributed by atoms with E-state index in [2.05, 4.69) is 0 Å². The van der Waals surface area contributed by atoms with Gasteiger partial charge in [0.1, 0.15) is 0 Å². The molecule has 70 valence electrons. The fraction of sp³-hybridized carbons (Fsp3) is 0.889. The summed E-state index contributed by atoms with van der Waals surface area (Å²) in [6, 6.07) is 0. The third-order valence-electron chi connectivity index (χ3n) is 2.55. The average molecular weight is 172 g/mol. The second-order valence-electron chi connectivity index (χ2n) is 3.51. The normalized spacial score (nSPS) is 28.1. The van der Waals surface area contributed by atoms with Crippen molar-refractivity contribution >= 4 is 5.97 Å². The van der Waals surface area contributed by atoms with Crippen molar-refractivity contribution in [2.24, 2.45) is 11.8 Å². The van der Waals surface area contributed by atoms with Crippen molar-refractivity contribution in [3.05, 3.63) is 0 Å². The summed E-state index contributed by atoms with van der Waals surface area (Å²) in [5.74, 6) is -0.0446. The highest BCUT2D eigenvalue weighted by Crippen LogP contribution is 2.36. The monoisotopic (exact) mass is 172 g/mol. The van der Waals surface area contributed by atoms with Crippen LogP contribution in [-0.4, -0.2) is 24.8 Å². The van der Waals surface area contributed by atoms with Crippen LogP contribution in [-0.2, 0) is 9.53 Å². The van der Waals surface area contributed by atoms with Crippen LogP contribution in [0.4, 0.5) is 0 Å². The first-order valence-electron chi connectivity index (χ1n) is 4.45. The first-order valence-corrected chi connectivity index (χ1v) is 4.45. The Labute approximate surface area is 72.7 Å². The van der Waals surface area contributed by atoms with Crippen LogP contribution < -0.4 is 0 Å². The minimum atomic E-state index is -0.627. The molecule has 0 atom stereocenters. The zero-order valence-corrected chi connectivity index (χ0v) is 7.45. The summed E-state index contributed by atoms with van der Waals surface area (Å²) < 4.78 is 4.92. The third kappa shape index (κ3) is 2.48. The molecule has 3 heteroatoms. The fourth-order valence-corrected chi connectivity index (χ4v) is 1.69. The Morgan fingerprint density at radius 1 is 1.58 bits per heavy atom. The molecule has 0 radical (unpaired) electrons. The van der Waals surface area contributed by atoms with Crippen molar-refractivity contribution in [3.63, 3.8) is 0 Å². The number of carbonyl (C=O) groups is 1. The Bertz CT molecular complexity index is 150. The third-order valence-corrected chi connectivity index (χ3v) is 2.55. The summed E-state index contributed by atoms with van der Waals surface area (Å²) in [6.07, 6.45) is 3.93. The van der Waals surface area contributed by atoms with Crippen molar-refractivity contribution in [1.82, 2.24) is 0 Å². The maximum absolute atomic E-state index is 10.4. The maximum Gasteiger partial charge on any atom is 0.306 e. The Hall–Kier alpha value is -0.570. The molecule has 0 bridgehead atoms. The first kappa shape index (κ1) is 9.52. The summed E-state index contributed by atoms with van der Waals surface area (Å²) in [5.41, 5.74) is 0. The van der Waals surface area contributed by atoms with Crippen LogP contribution in [0, 0.1) is 11.8 Å². The molecule has 1 fully saturated rings. The molecule has 1 rings (SSSR count). The zero-order chi connectivity index (χ0) is 8.97. The van der Waals surface area contributed by atoms with E-state index in [1.807, 2.05) is 0 Å². The molecule has 0 spiro atoms. The Morgan fingerprint density at radius 2 is 2.25 bits per heavy atom. The van der Waals surface area contributed by atoms with Gasteiger partial charge in [-0.15, -0.1) is 0 Å². The van der Waals surface area contributed by atoms with Gasteiger partial charge in [0, 0.05) is 13.7 Å². The van der Waals surface area contributed by atoms with Gasteiger partial charge in [-0.3, -0.25) is 4.79 Å². The van der Waals surface area contributed by atoms with Crippen LogP contribution in [0.25, 0.3) is 0 Å². The van der Waals surface area contributed by atoms with E-state index < -0.39 is 5.97 Å². The van der Waals surface area contributed by atoms with Gasteiger partial charge >= 0.3 is 5.97 Å². The predicted octanol–water partition coefficient (Wildman–Crippen LogP) is 1.52. The van der Waals surface area contributed by atoms with Gasteiger partial charge in [0.25, 0.3) is 0 Å². The summed E-state index contributed by atoms with van der Waals surface area (Å²) in [4.78, 5) is 10.4. The Morgan fingerprint density at radius 3 is 2.75 bits per heavy atom. The molecule has 1 aliphatic rings. The number of rotatable bonds is 5. The van der Waals surface area contributed by atoms with E-state index in [0.717, 1.165) is 32.3 Å². The smallest absolute Gasteiger partial charge is 0.306 e. The van der Waals surface area contributed by atoms with Gasteiger partial charge in [0.05, 0.1) is 5.92 Å². The van der Waals surface area contributed by atoms with Gasteiger partial charge in [-0.1, -0.05) is 0 Å². The molecule has 1 aliphatic carbocycles. The maximum atomic E-state index is 10.4. The van der Waals surface area contributed by atoms with E-state index in [9.17, 15) is 4.79 Å². The van der Waals surface area contributed by atoms with Crippen molar-refractivity contribution < 1.29 is 14.6 Å². The lowest BCUT2D eigenvalue weighted by Gasteiger charge is -2.32. The molecule has 1 N–H and O–H groups in total. The standard InChI is InChI=1S/C9H16O3/c1-12-4-2-3-7-5-8(6-7)9(10)11/h7-8H,2-6H2,1H3,(H,10,11). The van der Waals surface area contributed by atoms with Gasteiger partial charge < -0.3 is 9.84 Å². The van der Waals surface area contributed by atoms with E-state index in [1.54, 1.807) is 7.11 Å². The molecule has 0 saturated heterocycles. The lowest BCUT2D eigenvalue weighted by molar-refractivity contribution is -0.146. The summed E-state index contributed by atoms with van der Waals surface area (Å²) in [7, 11) is 1.70. The molecule has 1 saturated carbocycles. The van der Waals surface area contributed by atoms with Gasteiger partial charge in [-0.05, 0) is 31.6 Å². The van der Waals surface area contributed by atoms with Gasteiger partial charge in [-0.2, -0.15) is 0 Å². The highest BCUT2D eigenvalue weighted by molar-refractivity contribution is 5.71. The molecular formula is C9H16O3. The van der Waals surface area contributed by atoms with E-state index >= 15 is 0 Å². The number of methoxy groups -OCH3 is 1. The van der Waals surface area contributed by atoms with Crippen molar-refractivity contribution in [2.45, 2.75) is 25.7 Å². The van der Waals surface area contributed by atoms with E-state index in [-0.39, 0.29) is 5.92 Å². The summed E-state index contributed by atoms with van der Waals surface area (Å²) in [6.45, 7) is 0.800. The van der Waals surface area contributed by atoms with Crippen molar-refractivity contribution in [1.29, 1.82) is 0 Å². The number of hydrogen-bond acceptors (Lipinski definition) is 2. The second-order valence-corrected chi connectivity index (χ2v) is 3.51. The lowest BCUT2D eigenvalue weighted by Crippen LogP contribution is -2.30. The molecule has 0 amide bonds. The predicted molar refractivity (Wildman–Crippen MR) is 45.0 cm³/mol. The average Bonchev–Trinajstić information content (AvgIpc) is 1.93. The SMILES string of the molecule is COCCCC1CC(C(=O)O)C1. The number of hydrogen-bond donors (Lipinski definition) is 1. The van der Waals surface area contributed by atoms with Crippen LogP contribution in [0.15, 0.2) is 0 Å². The largest absolute Gasteiger partial charge is 0.481 e. The topological polar surface area (TPSA) is 46.5 Å². The summed E-state index contributed by atoms with van der Waals surface area (Å²) in [5, 5.41) is 8.60. The molecule has 3 nitrogen and oxygen atoms in total. The van der Waals surface area contributed by atoms with Crippen LogP contribution in [0.1, 0.15) is 25.7 Å². The van der Waals surface area contributed by atoms with Gasteiger partial charge in [-0.25, -0.2) is 0 Å².